The number of rotatable bonds is 3. The molecule has 0 saturated carbocycles. The lowest BCUT2D eigenvalue weighted by Gasteiger charge is -2.22. The van der Waals surface area contributed by atoms with Crippen LogP contribution in [0.2, 0.25) is 0 Å². The molecule has 1 unspecified atom stereocenters. The second kappa shape index (κ2) is 4.31. The monoisotopic (exact) mass is 233 g/mol. The van der Waals surface area contributed by atoms with Crippen LogP contribution in [-0.2, 0) is 12.8 Å². The Morgan fingerprint density at radius 1 is 1.35 bits per heavy atom. The van der Waals surface area contributed by atoms with Crippen LogP contribution in [0, 0.1) is 0 Å². The van der Waals surface area contributed by atoms with Gasteiger partial charge in [0, 0.05) is 6.54 Å². The summed E-state index contributed by atoms with van der Waals surface area (Å²) in [5, 5.41) is 13.4. The van der Waals surface area contributed by atoms with Gasteiger partial charge in [-0.2, -0.15) is 0 Å². The van der Waals surface area contributed by atoms with Crippen molar-refractivity contribution in [1.29, 1.82) is 0 Å². The topological polar surface area (TPSA) is 41.5 Å². The van der Waals surface area contributed by atoms with Gasteiger partial charge in [0.15, 0.2) is 0 Å². The van der Waals surface area contributed by atoms with Crippen LogP contribution < -0.4 is 10.1 Å². The van der Waals surface area contributed by atoms with Gasteiger partial charge in [-0.15, -0.1) is 0 Å². The van der Waals surface area contributed by atoms with Gasteiger partial charge in [-0.05, 0) is 49.4 Å². The van der Waals surface area contributed by atoms with Crippen molar-refractivity contribution in [1.82, 2.24) is 5.32 Å². The number of hydrogen-bond acceptors (Lipinski definition) is 3. The molecule has 3 nitrogen and oxygen atoms in total. The van der Waals surface area contributed by atoms with Gasteiger partial charge in [0.05, 0.1) is 0 Å². The second-order valence-corrected chi connectivity index (χ2v) is 5.19. The summed E-state index contributed by atoms with van der Waals surface area (Å²) in [6, 6.07) is 6.26. The Balaban J connectivity index is 1.71. The van der Waals surface area contributed by atoms with Crippen LogP contribution in [0.3, 0.4) is 0 Å². The Morgan fingerprint density at radius 3 is 3.12 bits per heavy atom. The minimum Gasteiger partial charge on any atom is -0.490 e. The fourth-order valence-electron chi connectivity index (χ4n) is 2.79. The summed E-state index contributed by atoms with van der Waals surface area (Å²) >= 11 is 0. The Kier molecular flexibility index (Phi) is 2.81. The van der Waals surface area contributed by atoms with Crippen molar-refractivity contribution in [2.75, 3.05) is 19.7 Å². The van der Waals surface area contributed by atoms with E-state index in [2.05, 4.69) is 17.4 Å². The number of nitrogens with one attached hydrogen (secondary N) is 1. The summed E-state index contributed by atoms with van der Waals surface area (Å²) in [6.07, 6.45) is 4.28. The van der Waals surface area contributed by atoms with Gasteiger partial charge in [0.25, 0.3) is 0 Å². The molecule has 92 valence electrons. The van der Waals surface area contributed by atoms with Gasteiger partial charge in [0.2, 0.25) is 0 Å². The molecule has 1 saturated heterocycles. The summed E-state index contributed by atoms with van der Waals surface area (Å²) < 4.78 is 5.85. The highest BCUT2D eigenvalue weighted by Gasteiger charge is 2.32. The first-order valence-corrected chi connectivity index (χ1v) is 6.44. The van der Waals surface area contributed by atoms with Crippen LogP contribution in [-0.4, -0.2) is 30.4 Å². The molecule has 2 aliphatic rings. The van der Waals surface area contributed by atoms with E-state index < -0.39 is 5.60 Å². The van der Waals surface area contributed by atoms with Gasteiger partial charge in [-0.1, -0.05) is 12.1 Å². The molecule has 1 aromatic rings. The van der Waals surface area contributed by atoms with Crippen molar-refractivity contribution in [2.45, 2.75) is 31.3 Å². The van der Waals surface area contributed by atoms with Crippen LogP contribution in [0.5, 0.6) is 5.75 Å². The predicted molar refractivity (Wildman–Crippen MR) is 66.4 cm³/mol. The molecule has 1 fully saturated rings. The van der Waals surface area contributed by atoms with Crippen LogP contribution in [0.15, 0.2) is 18.2 Å². The van der Waals surface area contributed by atoms with E-state index in [1.807, 2.05) is 6.07 Å². The van der Waals surface area contributed by atoms with E-state index in [1.165, 1.54) is 24.0 Å². The van der Waals surface area contributed by atoms with E-state index >= 15 is 0 Å². The van der Waals surface area contributed by atoms with Gasteiger partial charge >= 0.3 is 0 Å². The summed E-state index contributed by atoms with van der Waals surface area (Å²) in [7, 11) is 0. The third kappa shape index (κ3) is 2.17. The number of hydrogen-bond donors (Lipinski definition) is 2. The Hall–Kier alpha value is -1.06. The lowest BCUT2D eigenvalue weighted by atomic mass is 10.1. The normalized spacial score (nSPS) is 27.1. The van der Waals surface area contributed by atoms with Crippen molar-refractivity contribution in [3.63, 3.8) is 0 Å². The number of benzene rings is 1. The van der Waals surface area contributed by atoms with Crippen LogP contribution in [0.4, 0.5) is 0 Å². The highest BCUT2D eigenvalue weighted by molar-refractivity contribution is 5.43. The summed E-state index contributed by atoms with van der Waals surface area (Å²) in [5.41, 5.74) is 2.09. The fourth-order valence-corrected chi connectivity index (χ4v) is 2.79. The highest BCUT2D eigenvalue weighted by Crippen LogP contribution is 2.31. The first kappa shape index (κ1) is 11.1. The third-order valence-corrected chi connectivity index (χ3v) is 3.82. The summed E-state index contributed by atoms with van der Waals surface area (Å²) in [4.78, 5) is 0. The number of β-amino-alcohol motifs (C(OH)–C–C–N with tert-alkyl or cyclic N) is 1. The first-order chi connectivity index (χ1) is 8.27. The molecule has 0 amide bonds. The van der Waals surface area contributed by atoms with E-state index in [0.717, 1.165) is 25.1 Å². The van der Waals surface area contributed by atoms with Crippen LogP contribution in [0.25, 0.3) is 0 Å². The zero-order valence-electron chi connectivity index (χ0n) is 10.0. The maximum Gasteiger partial charge on any atom is 0.122 e. The summed E-state index contributed by atoms with van der Waals surface area (Å²) in [6.45, 7) is 1.92. The van der Waals surface area contributed by atoms with Crippen molar-refractivity contribution in [2.24, 2.45) is 0 Å². The van der Waals surface area contributed by atoms with E-state index in [0.29, 0.717) is 13.2 Å². The first-order valence-electron chi connectivity index (χ1n) is 6.44. The number of aliphatic hydroxyl groups is 1. The van der Waals surface area contributed by atoms with Gasteiger partial charge in [-0.25, -0.2) is 0 Å². The molecular weight excluding hydrogens is 214 g/mol. The largest absolute Gasteiger partial charge is 0.490 e. The minimum absolute atomic E-state index is 0.399. The van der Waals surface area contributed by atoms with Gasteiger partial charge in [0.1, 0.15) is 18.0 Å². The maximum absolute atomic E-state index is 10.2. The molecule has 0 bridgehead atoms. The molecule has 17 heavy (non-hydrogen) atoms. The fraction of sp³-hybridized carbons (Fsp3) is 0.571. The van der Waals surface area contributed by atoms with E-state index in [9.17, 15) is 5.11 Å². The molecule has 0 radical (unpaired) electrons. The van der Waals surface area contributed by atoms with E-state index in [-0.39, 0.29) is 0 Å². The van der Waals surface area contributed by atoms with Gasteiger partial charge < -0.3 is 15.2 Å². The van der Waals surface area contributed by atoms with Crippen molar-refractivity contribution in [3.05, 3.63) is 29.3 Å². The molecular formula is C14H19NO2. The zero-order chi connectivity index (χ0) is 11.7. The van der Waals surface area contributed by atoms with Crippen molar-refractivity contribution >= 4 is 0 Å². The second-order valence-electron chi connectivity index (χ2n) is 5.19. The molecule has 1 aliphatic carbocycles. The lowest BCUT2D eigenvalue weighted by Crippen LogP contribution is -2.38. The Morgan fingerprint density at radius 2 is 2.29 bits per heavy atom. The average Bonchev–Trinajstić information content (AvgIpc) is 2.95. The number of aryl methyl sites for hydroxylation is 1. The van der Waals surface area contributed by atoms with Crippen molar-refractivity contribution in [3.8, 4) is 5.75 Å². The number of fused-ring (bicyclic) bond motifs is 1. The molecule has 3 rings (SSSR count). The SMILES string of the molecule is OC1(COc2cccc3c2CCC3)CCNC1. The molecule has 1 aromatic carbocycles. The quantitative estimate of drug-likeness (QED) is 0.826. The van der Waals surface area contributed by atoms with E-state index in [4.69, 9.17) is 4.74 Å². The van der Waals surface area contributed by atoms with Crippen LogP contribution in [0.1, 0.15) is 24.0 Å². The molecule has 3 heteroatoms. The summed E-state index contributed by atoms with van der Waals surface area (Å²) in [5.74, 6) is 0.973. The number of ether oxygens (including phenoxy) is 1. The van der Waals surface area contributed by atoms with E-state index in [1.54, 1.807) is 0 Å². The average molecular weight is 233 g/mol. The lowest BCUT2D eigenvalue weighted by molar-refractivity contribution is 0.0127. The Labute approximate surface area is 102 Å². The standard InChI is InChI=1S/C14H19NO2/c16-14(7-8-15-9-14)10-17-13-6-2-4-11-3-1-5-12(11)13/h2,4,6,15-16H,1,3,5,7-10H2. The molecule has 2 N–H and O–H groups in total. The molecule has 1 heterocycles. The zero-order valence-corrected chi connectivity index (χ0v) is 10.0. The third-order valence-electron chi connectivity index (χ3n) is 3.82. The molecule has 0 spiro atoms. The Bertz CT molecular complexity index is 411. The molecule has 1 atom stereocenters. The predicted octanol–water partition coefficient (Wildman–Crippen LogP) is 1.28. The van der Waals surface area contributed by atoms with Crippen LogP contribution >= 0.6 is 0 Å². The van der Waals surface area contributed by atoms with Crippen molar-refractivity contribution < 1.29 is 9.84 Å². The smallest absolute Gasteiger partial charge is 0.122 e. The maximum atomic E-state index is 10.2. The highest BCUT2D eigenvalue weighted by atomic mass is 16.5. The molecule has 0 aromatic heterocycles. The molecule has 1 aliphatic heterocycles. The minimum atomic E-state index is -0.679. The van der Waals surface area contributed by atoms with Gasteiger partial charge in [-0.3, -0.25) is 0 Å².